The summed E-state index contributed by atoms with van der Waals surface area (Å²) in [6.45, 7) is 6.16. The number of nitrogens with zero attached hydrogens (tertiary/aromatic N) is 1. The van der Waals surface area contributed by atoms with Crippen LogP contribution in [-0.4, -0.2) is 25.7 Å². The number of benzene rings is 1. The van der Waals surface area contributed by atoms with Crippen molar-refractivity contribution in [1.82, 2.24) is 4.31 Å². The topological polar surface area (TPSA) is 54.5 Å². The molecule has 188 valence electrons. The molecule has 5 heteroatoms. The van der Waals surface area contributed by atoms with E-state index in [-0.39, 0.29) is 4.90 Å². The number of fused-ring (bicyclic) bond motifs is 1. The number of rotatable bonds is 17. The van der Waals surface area contributed by atoms with E-state index in [1.807, 2.05) is 13.8 Å². The van der Waals surface area contributed by atoms with Gasteiger partial charge in [-0.1, -0.05) is 103 Å². The molecule has 1 aromatic carbocycles. The maximum atomic E-state index is 12.5. The van der Waals surface area contributed by atoms with Gasteiger partial charge in [0.25, 0.3) is 15.9 Å². The minimum atomic E-state index is -3.67. The summed E-state index contributed by atoms with van der Waals surface area (Å²) < 4.78 is 26.0. The molecule has 0 atom stereocenters. The summed E-state index contributed by atoms with van der Waals surface area (Å²) in [6, 6.07) is 1.75. The molecule has 1 aliphatic heterocycles. The van der Waals surface area contributed by atoms with Crippen molar-refractivity contribution in [3.05, 3.63) is 28.3 Å². The third kappa shape index (κ3) is 7.83. The van der Waals surface area contributed by atoms with Gasteiger partial charge >= 0.3 is 0 Å². The second-order valence-electron chi connectivity index (χ2n) is 9.99. The summed E-state index contributed by atoms with van der Waals surface area (Å²) in [4.78, 5) is 12.6. The van der Waals surface area contributed by atoms with E-state index in [4.69, 9.17) is 0 Å². The van der Waals surface area contributed by atoms with E-state index in [1.54, 1.807) is 6.07 Å². The molecule has 1 heterocycles. The summed E-state index contributed by atoms with van der Waals surface area (Å²) in [7, 11) is -2.32. The van der Waals surface area contributed by atoms with Gasteiger partial charge < -0.3 is 0 Å². The number of unbranched alkanes of at least 4 members (excludes halogenated alkanes) is 15. The Labute approximate surface area is 203 Å². The Bertz CT molecular complexity index is 860. The van der Waals surface area contributed by atoms with Crippen LogP contribution in [0.5, 0.6) is 0 Å². The fraction of sp³-hybridized carbons (Fsp3) is 0.750. The Morgan fingerprint density at radius 1 is 0.697 bits per heavy atom. The highest BCUT2D eigenvalue weighted by Crippen LogP contribution is 2.35. The monoisotopic (exact) mass is 477 g/mol. The molecule has 33 heavy (non-hydrogen) atoms. The predicted octanol–water partition coefficient (Wildman–Crippen LogP) is 7.88. The van der Waals surface area contributed by atoms with Crippen LogP contribution >= 0.6 is 0 Å². The van der Waals surface area contributed by atoms with Crippen LogP contribution in [0.2, 0.25) is 0 Å². The third-order valence-corrected chi connectivity index (χ3v) is 9.17. The molecular formula is C28H47NO3S. The van der Waals surface area contributed by atoms with Crippen molar-refractivity contribution in [2.75, 3.05) is 7.05 Å². The van der Waals surface area contributed by atoms with E-state index in [0.29, 0.717) is 5.56 Å². The Morgan fingerprint density at radius 2 is 1.12 bits per heavy atom. The van der Waals surface area contributed by atoms with Crippen molar-refractivity contribution in [3.8, 4) is 0 Å². The molecule has 0 aliphatic carbocycles. The van der Waals surface area contributed by atoms with Crippen LogP contribution in [0.15, 0.2) is 11.0 Å². The number of hydrogen-bond donors (Lipinski definition) is 0. The van der Waals surface area contributed by atoms with Crippen molar-refractivity contribution in [2.45, 2.75) is 135 Å². The summed E-state index contributed by atoms with van der Waals surface area (Å²) in [5, 5.41) is 0. The number of sulfonamides is 1. The maximum Gasteiger partial charge on any atom is 0.269 e. The molecule has 2 rings (SSSR count). The van der Waals surface area contributed by atoms with E-state index >= 15 is 0 Å². The first-order valence-corrected chi connectivity index (χ1v) is 14.9. The molecule has 1 aromatic rings. The number of hydrogen-bond acceptors (Lipinski definition) is 3. The van der Waals surface area contributed by atoms with Crippen molar-refractivity contribution >= 4 is 15.9 Å². The normalized spacial score (nSPS) is 14.8. The van der Waals surface area contributed by atoms with Crippen LogP contribution in [0, 0.1) is 13.8 Å². The van der Waals surface area contributed by atoms with Crippen LogP contribution in [0.25, 0.3) is 0 Å². The summed E-state index contributed by atoms with van der Waals surface area (Å²) in [5.41, 5.74) is 3.32. The summed E-state index contributed by atoms with van der Waals surface area (Å²) >= 11 is 0. The van der Waals surface area contributed by atoms with Crippen molar-refractivity contribution in [1.29, 1.82) is 0 Å². The fourth-order valence-electron chi connectivity index (χ4n) is 4.96. The van der Waals surface area contributed by atoms with Gasteiger partial charge in [-0.3, -0.25) is 4.79 Å². The minimum absolute atomic E-state index is 0.199. The Hall–Kier alpha value is -1.36. The zero-order valence-electron chi connectivity index (χ0n) is 21.7. The largest absolute Gasteiger partial charge is 0.269 e. The van der Waals surface area contributed by atoms with Crippen LogP contribution in [0.3, 0.4) is 0 Å². The van der Waals surface area contributed by atoms with Gasteiger partial charge in [0, 0.05) is 7.05 Å². The average Bonchev–Trinajstić information content (AvgIpc) is 2.96. The van der Waals surface area contributed by atoms with Gasteiger partial charge in [-0.25, -0.2) is 12.7 Å². The van der Waals surface area contributed by atoms with Crippen LogP contribution in [-0.2, 0) is 16.4 Å². The molecule has 0 aromatic heterocycles. The van der Waals surface area contributed by atoms with Crippen molar-refractivity contribution < 1.29 is 13.2 Å². The molecule has 0 spiro atoms. The lowest BCUT2D eigenvalue weighted by Crippen LogP contribution is -2.25. The third-order valence-electron chi connectivity index (χ3n) is 7.41. The molecule has 0 unspecified atom stereocenters. The minimum Gasteiger partial charge on any atom is -0.268 e. The summed E-state index contributed by atoms with van der Waals surface area (Å²) in [5.74, 6) is -0.403. The summed E-state index contributed by atoms with van der Waals surface area (Å²) in [6.07, 6.45) is 22.4. The highest BCUT2D eigenvalue weighted by Gasteiger charge is 2.40. The molecule has 4 nitrogen and oxygen atoms in total. The van der Waals surface area contributed by atoms with Gasteiger partial charge in [-0.2, -0.15) is 0 Å². The lowest BCUT2D eigenvalue weighted by molar-refractivity contribution is 0.0891. The first kappa shape index (κ1) is 27.9. The fourth-order valence-corrected chi connectivity index (χ4v) is 6.35. The Kier molecular flexibility index (Phi) is 11.9. The van der Waals surface area contributed by atoms with Gasteiger partial charge in [0.15, 0.2) is 0 Å². The molecule has 0 bridgehead atoms. The molecule has 1 amide bonds. The van der Waals surface area contributed by atoms with Crippen molar-refractivity contribution in [3.63, 3.8) is 0 Å². The second-order valence-corrected chi connectivity index (χ2v) is 11.9. The van der Waals surface area contributed by atoms with Crippen molar-refractivity contribution in [2.24, 2.45) is 0 Å². The van der Waals surface area contributed by atoms with E-state index in [0.717, 1.165) is 33.8 Å². The predicted molar refractivity (Wildman–Crippen MR) is 138 cm³/mol. The molecule has 0 radical (unpaired) electrons. The van der Waals surface area contributed by atoms with Crippen LogP contribution in [0.4, 0.5) is 0 Å². The molecule has 0 saturated heterocycles. The molecule has 0 fully saturated rings. The lowest BCUT2D eigenvalue weighted by Gasteiger charge is -2.12. The number of carbonyl (C=O) groups is 1. The van der Waals surface area contributed by atoms with Gasteiger partial charge in [-0.05, 0) is 49.4 Å². The SMILES string of the molecule is CCCCCCCCCCCCCCCCCCc1cc2c(c(C)c1C)C(=O)N(C)S2(=O)=O. The van der Waals surface area contributed by atoms with Crippen LogP contribution < -0.4 is 0 Å². The quantitative estimate of drug-likeness (QED) is 0.214. The smallest absolute Gasteiger partial charge is 0.268 e. The van der Waals surface area contributed by atoms with Gasteiger partial charge in [-0.15, -0.1) is 0 Å². The molecular weight excluding hydrogens is 430 g/mol. The zero-order chi connectivity index (χ0) is 24.3. The average molecular weight is 478 g/mol. The standard InChI is InChI=1S/C28H47NO3S/c1-5-6-7-8-9-10-11-12-13-14-15-16-17-18-19-20-21-25-22-26-27(24(3)23(25)2)28(30)29(4)33(26,31)32/h22H,5-21H2,1-4H3. The second kappa shape index (κ2) is 14.1. The Balaban J connectivity index is 1.57. The lowest BCUT2D eigenvalue weighted by atomic mass is 9.94. The van der Waals surface area contributed by atoms with Gasteiger partial charge in [0.05, 0.1) is 5.56 Å². The van der Waals surface area contributed by atoms with E-state index in [2.05, 4.69) is 6.92 Å². The van der Waals surface area contributed by atoms with Gasteiger partial charge in [0.2, 0.25) is 0 Å². The maximum absolute atomic E-state index is 12.5. The first-order valence-electron chi connectivity index (χ1n) is 13.5. The van der Waals surface area contributed by atoms with E-state index in [9.17, 15) is 13.2 Å². The highest BCUT2D eigenvalue weighted by atomic mass is 32.2. The highest BCUT2D eigenvalue weighted by molar-refractivity contribution is 7.90. The van der Waals surface area contributed by atoms with Crippen LogP contribution in [0.1, 0.15) is 137 Å². The Morgan fingerprint density at radius 3 is 1.58 bits per heavy atom. The first-order chi connectivity index (χ1) is 15.8. The molecule has 0 N–H and O–H groups in total. The number of aryl methyl sites for hydroxylation is 1. The molecule has 1 aliphatic rings. The van der Waals surface area contributed by atoms with E-state index in [1.165, 1.54) is 103 Å². The molecule has 0 saturated carbocycles. The van der Waals surface area contributed by atoms with Gasteiger partial charge in [0.1, 0.15) is 4.90 Å². The zero-order valence-corrected chi connectivity index (χ0v) is 22.5. The number of carbonyl (C=O) groups excluding carboxylic acids is 1. The number of amides is 1. The van der Waals surface area contributed by atoms with E-state index < -0.39 is 15.9 Å².